The van der Waals surface area contributed by atoms with Gasteiger partial charge >= 0.3 is 11.9 Å². The molecule has 0 spiro atoms. The molecular weight excluding hydrogens is 608 g/mol. The van der Waals surface area contributed by atoms with Gasteiger partial charge in [0.15, 0.2) is 22.9 Å². The molecule has 228 valence electrons. The predicted octanol–water partition coefficient (Wildman–Crippen LogP) is 4.66. The molecular formula is C32H29ClN2O8S. The minimum absolute atomic E-state index is 0.145. The molecule has 44 heavy (non-hydrogen) atoms. The Balaban J connectivity index is 1.61. The molecule has 1 atom stereocenters. The number of rotatable bonds is 10. The fraction of sp³-hybridized carbons (Fsp3) is 0.250. The lowest BCUT2D eigenvalue weighted by atomic mass is 9.95. The Bertz CT molecular complexity index is 1920. The van der Waals surface area contributed by atoms with E-state index in [0.717, 1.165) is 5.56 Å². The zero-order chi connectivity index (χ0) is 31.4. The molecule has 0 unspecified atom stereocenters. The third kappa shape index (κ3) is 6.34. The van der Waals surface area contributed by atoms with Gasteiger partial charge < -0.3 is 23.4 Å². The summed E-state index contributed by atoms with van der Waals surface area (Å²) < 4.78 is 29.3. The van der Waals surface area contributed by atoms with Crippen molar-refractivity contribution in [2.75, 3.05) is 26.9 Å². The summed E-state index contributed by atoms with van der Waals surface area (Å²) in [6, 6.07) is 15.0. The molecule has 5 rings (SSSR count). The van der Waals surface area contributed by atoms with Gasteiger partial charge in [-0.3, -0.25) is 9.36 Å². The van der Waals surface area contributed by atoms with Crippen LogP contribution < -0.4 is 24.4 Å². The van der Waals surface area contributed by atoms with Crippen molar-refractivity contribution in [2.45, 2.75) is 26.8 Å². The van der Waals surface area contributed by atoms with E-state index in [1.807, 2.05) is 18.2 Å². The third-order valence-electron chi connectivity index (χ3n) is 6.70. The van der Waals surface area contributed by atoms with Gasteiger partial charge in [0.2, 0.25) is 0 Å². The second-order valence-electron chi connectivity index (χ2n) is 9.52. The first-order chi connectivity index (χ1) is 21.2. The number of thiazole rings is 1. The van der Waals surface area contributed by atoms with E-state index in [2.05, 4.69) is 9.73 Å². The quantitative estimate of drug-likeness (QED) is 0.231. The first-order valence-electron chi connectivity index (χ1n) is 13.8. The summed E-state index contributed by atoms with van der Waals surface area (Å²) in [6.45, 7) is 5.36. The number of furan rings is 1. The first-order valence-corrected chi connectivity index (χ1v) is 14.9. The van der Waals surface area contributed by atoms with Crippen LogP contribution in [0.15, 0.2) is 80.1 Å². The lowest BCUT2D eigenvalue weighted by Gasteiger charge is -2.25. The molecule has 0 saturated carbocycles. The highest BCUT2D eigenvalue weighted by atomic mass is 35.5. The first kappa shape index (κ1) is 30.8. The standard InChI is InChI=1S/C32H29ClN2O8S/c1-5-40-25-15-20(9-13-24(25)42-17-27(36)39-4)29-28(31(38)41-6-2)18(3)34-32-35(29)30(37)26(44-32)16-22-12-14-23(43-22)19-7-10-21(33)11-8-19/h7-16,29H,5-6,17H2,1-4H3/b26-16-/t29-/m1/s1. The molecule has 0 saturated heterocycles. The summed E-state index contributed by atoms with van der Waals surface area (Å²) >= 11 is 7.19. The zero-order valence-corrected chi connectivity index (χ0v) is 26.0. The molecule has 2 aromatic carbocycles. The van der Waals surface area contributed by atoms with E-state index in [4.69, 9.17) is 30.2 Å². The van der Waals surface area contributed by atoms with Crippen LogP contribution in [0, 0.1) is 0 Å². The zero-order valence-electron chi connectivity index (χ0n) is 24.4. The highest BCUT2D eigenvalue weighted by Gasteiger charge is 2.34. The molecule has 0 N–H and O–H groups in total. The van der Waals surface area contributed by atoms with E-state index >= 15 is 0 Å². The van der Waals surface area contributed by atoms with Gasteiger partial charge in [-0.2, -0.15) is 0 Å². The number of allylic oxidation sites excluding steroid dienone is 1. The Morgan fingerprint density at radius 3 is 2.52 bits per heavy atom. The summed E-state index contributed by atoms with van der Waals surface area (Å²) in [5.74, 6) is 0.598. The van der Waals surface area contributed by atoms with Crippen LogP contribution in [0.3, 0.4) is 0 Å². The van der Waals surface area contributed by atoms with Crippen LogP contribution in [0.1, 0.15) is 38.1 Å². The van der Waals surface area contributed by atoms with Crippen LogP contribution in [0.25, 0.3) is 17.4 Å². The number of fused-ring (bicyclic) bond motifs is 1. The monoisotopic (exact) mass is 636 g/mol. The van der Waals surface area contributed by atoms with Crippen molar-refractivity contribution in [3.05, 3.63) is 102 Å². The summed E-state index contributed by atoms with van der Waals surface area (Å²) in [4.78, 5) is 43.9. The lowest BCUT2D eigenvalue weighted by Crippen LogP contribution is -2.40. The van der Waals surface area contributed by atoms with E-state index in [-0.39, 0.29) is 24.3 Å². The maximum absolute atomic E-state index is 14.0. The summed E-state index contributed by atoms with van der Waals surface area (Å²) in [5.41, 5.74) is 1.69. The van der Waals surface area contributed by atoms with E-state index in [9.17, 15) is 14.4 Å². The molecule has 12 heteroatoms. The molecule has 0 radical (unpaired) electrons. The SMILES string of the molecule is CCOC(=O)C1=C(C)N=c2s/c(=C\c3ccc(-c4ccc(Cl)cc4)o3)c(=O)n2[C@@H]1c1ccc(OCC(=O)OC)c(OCC)c1. The molecule has 1 aliphatic heterocycles. The number of esters is 2. The minimum Gasteiger partial charge on any atom is -0.490 e. The van der Waals surface area contributed by atoms with Crippen molar-refractivity contribution in [3.8, 4) is 22.8 Å². The maximum Gasteiger partial charge on any atom is 0.343 e. The second kappa shape index (κ2) is 13.4. The average molecular weight is 637 g/mol. The summed E-state index contributed by atoms with van der Waals surface area (Å²) in [7, 11) is 1.27. The van der Waals surface area contributed by atoms with Crippen LogP contribution >= 0.6 is 22.9 Å². The van der Waals surface area contributed by atoms with Gasteiger partial charge in [0.05, 0.1) is 42.2 Å². The normalized spacial score (nSPS) is 14.6. The van der Waals surface area contributed by atoms with Crippen molar-refractivity contribution in [3.63, 3.8) is 0 Å². The number of carbonyl (C=O) groups excluding carboxylic acids is 2. The molecule has 3 heterocycles. The molecule has 4 aromatic rings. The lowest BCUT2D eigenvalue weighted by molar-refractivity contribution is -0.143. The number of carbonyl (C=O) groups is 2. The molecule has 0 bridgehead atoms. The Kier molecular flexibility index (Phi) is 9.36. The number of hydrogen-bond acceptors (Lipinski definition) is 10. The highest BCUT2D eigenvalue weighted by Crippen LogP contribution is 2.36. The number of benzene rings is 2. The largest absolute Gasteiger partial charge is 0.490 e. The number of aromatic nitrogens is 1. The van der Waals surface area contributed by atoms with Crippen LogP contribution in [-0.2, 0) is 19.1 Å². The van der Waals surface area contributed by atoms with Crippen LogP contribution in [-0.4, -0.2) is 43.4 Å². The van der Waals surface area contributed by atoms with Gasteiger partial charge in [-0.25, -0.2) is 14.6 Å². The summed E-state index contributed by atoms with van der Waals surface area (Å²) in [5, 5.41) is 0.616. The predicted molar refractivity (Wildman–Crippen MR) is 165 cm³/mol. The van der Waals surface area contributed by atoms with Gasteiger partial charge in [0.1, 0.15) is 11.5 Å². The maximum atomic E-state index is 14.0. The van der Waals surface area contributed by atoms with Crippen molar-refractivity contribution in [1.29, 1.82) is 0 Å². The molecule has 2 aromatic heterocycles. The van der Waals surface area contributed by atoms with Crippen molar-refractivity contribution >= 4 is 41.0 Å². The van der Waals surface area contributed by atoms with Gasteiger partial charge in [-0.05, 0) is 74.9 Å². The van der Waals surface area contributed by atoms with Gasteiger partial charge in [0.25, 0.3) is 5.56 Å². The number of methoxy groups -OCH3 is 1. The third-order valence-corrected chi connectivity index (χ3v) is 7.94. The van der Waals surface area contributed by atoms with Crippen molar-refractivity contribution in [2.24, 2.45) is 4.99 Å². The van der Waals surface area contributed by atoms with E-state index in [0.29, 0.717) is 55.2 Å². The van der Waals surface area contributed by atoms with Gasteiger partial charge in [-0.15, -0.1) is 0 Å². The Morgan fingerprint density at radius 1 is 1.05 bits per heavy atom. The number of ether oxygens (including phenoxy) is 4. The van der Waals surface area contributed by atoms with Gasteiger partial charge in [-0.1, -0.05) is 29.0 Å². The Hall–Kier alpha value is -4.61. The number of nitrogens with zero attached hydrogens (tertiary/aromatic N) is 2. The van der Waals surface area contributed by atoms with Crippen LogP contribution in [0.2, 0.25) is 5.02 Å². The van der Waals surface area contributed by atoms with E-state index in [1.54, 1.807) is 63.2 Å². The van der Waals surface area contributed by atoms with Crippen molar-refractivity contribution in [1.82, 2.24) is 4.57 Å². The number of halogens is 1. The smallest absolute Gasteiger partial charge is 0.343 e. The fourth-order valence-corrected chi connectivity index (χ4v) is 5.87. The molecule has 1 aliphatic rings. The fourth-order valence-electron chi connectivity index (χ4n) is 4.71. The molecule has 10 nitrogen and oxygen atoms in total. The topological polar surface area (TPSA) is 119 Å². The van der Waals surface area contributed by atoms with Gasteiger partial charge in [0, 0.05) is 16.7 Å². The highest BCUT2D eigenvalue weighted by molar-refractivity contribution is 7.07. The minimum atomic E-state index is -0.873. The average Bonchev–Trinajstić information content (AvgIpc) is 3.60. The van der Waals surface area contributed by atoms with Crippen molar-refractivity contribution < 1.29 is 33.0 Å². The number of hydrogen-bond donors (Lipinski definition) is 0. The van der Waals surface area contributed by atoms with E-state index in [1.165, 1.54) is 23.0 Å². The Morgan fingerprint density at radius 2 is 1.82 bits per heavy atom. The second-order valence-corrected chi connectivity index (χ2v) is 11.0. The van der Waals surface area contributed by atoms with Crippen LogP contribution in [0.4, 0.5) is 0 Å². The summed E-state index contributed by atoms with van der Waals surface area (Å²) in [6.07, 6.45) is 1.65. The van der Waals surface area contributed by atoms with E-state index < -0.39 is 18.0 Å². The molecule has 0 amide bonds. The Labute approximate surface area is 261 Å². The van der Waals surface area contributed by atoms with Crippen LogP contribution in [0.5, 0.6) is 11.5 Å². The molecule has 0 fully saturated rings. The molecule has 0 aliphatic carbocycles.